The monoisotopic (exact) mass is 388 g/mol. The highest BCUT2D eigenvalue weighted by Crippen LogP contribution is 2.29. The van der Waals surface area contributed by atoms with E-state index in [-0.39, 0.29) is 18.4 Å². The van der Waals surface area contributed by atoms with E-state index >= 15 is 0 Å². The van der Waals surface area contributed by atoms with E-state index in [1.807, 2.05) is 12.1 Å². The quantitative estimate of drug-likeness (QED) is 0.669. The fourth-order valence-corrected chi connectivity index (χ4v) is 2.52. The zero-order chi connectivity index (χ0) is 19.8. The van der Waals surface area contributed by atoms with E-state index in [0.717, 1.165) is 5.56 Å². The Morgan fingerprint density at radius 2 is 1.93 bits per heavy atom. The van der Waals surface area contributed by atoms with E-state index in [1.165, 1.54) is 14.0 Å². The molecule has 0 aliphatic rings. The Morgan fingerprint density at radius 1 is 1.15 bits per heavy atom. The lowest BCUT2D eigenvalue weighted by atomic mass is 10.1. The highest BCUT2D eigenvalue weighted by atomic mass is 35.5. The van der Waals surface area contributed by atoms with Crippen LogP contribution in [-0.4, -0.2) is 25.5 Å². The van der Waals surface area contributed by atoms with Crippen LogP contribution in [0.2, 0.25) is 5.02 Å². The van der Waals surface area contributed by atoms with Crippen molar-refractivity contribution in [2.75, 3.05) is 24.4 Å². The fourth-order valence-electron chi connectivity index (χ4n) is 2.35. The molecule has 27 heavy (non-hydrogen) atoms. The molecule has 0 aromatic heterocycles. The summed E-state index contributed by atoms with van der Waals surface area (Å²) in [5, 5.41) is 5.67. The number of amides is 2. The molecule has 2 aromatic carbocycles. The first-order chi connectivity index (χ1) is 12.9. The first-order valence-electron chi connectivity index (χ1n) is 8.20. The molecule has 2 aromatic rings. The average Bonchev–Trinajstić information content (AvgIpc) is 2.63. The highest BCUT2D eigenvalue weighted by Gasteiger charge is 2.10. The molecule has 0 unspecified atom stereocenters. The number of benzene rings is 2. The van der Waals surface area contributed by atoms with Crippen molar-refractivity contribution in [3.63, 3.8) is 0 Å². The largest absolute Gasteiger partial charge is 0.493 e. The van der Waals surface area contributed by atoms with Crippen molar-refractivity contribution < 1.29 is 19.1 Å². The Labute approximate surface area is 163 Å². The van der Waals surface area contributed by atoms with Crippen molar-refractivity contribution >= 4 is 34.8 Å². The maximum atomic E-state index is 12.2. The number of hydrogen-bond donors (Lipinski definition) is 2. The predicted octanol–water partition coefficient (Wildman–Crippen LogP) is 4.05. The van der Waals surface area contributed by atoms with Crippen LogP contribution in [0.3, 0.4) is 0 Å². The van der Waals surface area contributed by atoms with Gasteiger partial charge in [-0.1, -0.05) is 23.7 Å². The third-order valence-electron chi connectivity index (χ3n) is 3.53. The van der Waals surface area contributed by atoms with Crippen molar-refractivity contribution in [1.82, 2.24) is 0 Å². The number of ether oxygens (including phenoxy) is 2. The maximum absolute atomic E-state index is 12.2. The summed E-state index contributed by atoms with van der Waals surface area (Å²) in [4.78, 5) is 23.4. The van der Waals surface area contributed by atoms with Crippen LogP contribution in [0.25, 0.3) is 0 Å². The van der Waals surface area contributed by atoms with Crippen LogP contribution in [0.1, 0.15) is 12.5 Å². The Kier molecular flexibility index (Phi) is 7.25. The summed E-state index contributed by atoms with van der Waals surface area (Å²) in [6, 6.07) is 10.3. The Balaban J connectivity index is 2.00. The second-order valence-corrected chi connectivity index (χ2v) is 6.10. The van der Waals surface area contributed by atoms with Crippen LogP contribution < -0.4 is 20.1 Å². The van der Waals surface area contributed by atoms with Crippen molar-refractivity contribution in [2.45, 2.75) is 13.3 Å². The summed E-state index contributed by atoms with van der Waals surface area (Å²) in [5.41, 5.74) is 1.94. The lowest BCUT2D eigenvalue weighted by Gasteiger charge is -2.13. The Morgan fingerprint density at radius 3 is 2.59 bits per heavy atom. The topological polar surface area (TPSA) is 76.7 Å². The Bertz CT molecular complexity index is 852. The number of allylic oxidation sites excluding steroid dienone is 1. The normalized spacial score (nSPS) is 10.0. The van der Waals surface area contributed by atoms with Gasteiger partial charge in [0.2, 0.25) is 5.91 Å². The second-order valence-electron chi connectivity index (χ2n) is 5.69. The standard InChI is InChI=1S/C20H21ClN2O4/c1-4-5-14-6-9-18(19(10-14)26-3)27-12-20(25)23-15-7-8-16(21)17(11-15)22-13(2)24/h4,6-11H,1,5,12H2,2-3H3,(H,22,24)(H,23,25). The summed E-state index contributed by atoms with van der Waals surface area (Å²) < 4.78 is 10.9. The fraction of sp³-hybridized carbons (Fsp3) is 0.200. The molecule has 0 bridgehead atoms. The zero-order valence-corrected chi connectivity index (χ0v) is 15.9. The van der Waals surface area contributed by atoms with Gasteiger partial charge >= 0.3 is 0 Å². The van der Waals surface area contributed by atoms with Crippen molar-refractivity contribution in [2.24, 2.45) is 0 Å². The summed E-state index contributed by atoms with van der Waals surface area (Å²) in [7, 11) is 1.54. The minimum absolute atomic E-state index is 0.199. The number of hydrogen-bond acceptors (Lipinski definition) is 4. The number of rotatable bonds is 8. The van der Waals surface area contributed by atoms with Crippen molar-refractivity contribution in [1.29, 1.82) is 0 Å². The van der Waals surface area contributed by atoms with Gasteiger partial charge in [-0.15, -0.1) is 6.58 Å². The number of nitrogens with one attached hydrogen (secondary N) is 2. The number of halogens is 1. The lowest BCUT2D eigenvalue weighted by molar-refractivity contribution is -0.118. The van der Waals surface area contributed by atoms with Crippen LogP contribution in [0.5, 0.6) is 11.5 Å². The van der Waals surface area contributed by atoms with Crippen LogP contribution >= 0.6 is 11.6 Å². The first-order valence-corrected chi connectivity index (χ1v) is 8.58. The third kappa shape index (κ3) is 6.04. The molecule has 0 aliphatic carbocycles. The molecule has 0 heterocycles. The third-order valence-corrected chi connectivity index (χ3v) is 3.86. The van der Waals surface area contributed by atoms with Gasteiger partial charge in [0, 0.05) is 12.6 Å². The van der Waals surface area contributed by atoms with Crippen LogP contribution in [0.4, 0.5) is 11.4 Å². The molecule has 0 aliphatic heterocycles. The van der Waals surface area contributed by atoms with Crippen molar-refractivity contribution in [3.05, 3.63) is 59.6 Å². The van der Waals surface area contributed by atoms with Gasteiger partial charge in [-0.25, -0.2) is 0 Å². The van der Waals surface area contributed by atoms with Gasteiger partial charge in [0.1, 0.15) is 0 Å². The van der Waals surface area contributed by atoms with Crippen LogP contribution in [0, 0.1) is 0 Å². The van der Waals surface area contributed by atoms with E-state index in [2.05, 4.69) is 17.2 Å². The van der Waals surface area contributed by atoms with Gasteiger partial charge in [0.15, 0.2) is 18.1 Å². The van der Waals surface area contributed by atoms with E-state index < -0.39 is 0 Å². The summed E-state index contributed by atoms with van der Waals surface area (Å²) in [6.45, 7) is 4.88. The molecule has 142 valence electrons. The van der Waals surface area contributed by atoms with Gasteiger partial charge in [-0.05, 0) is 42.3 Å². The molecule has 7 heteroatoms. The number of anilines is 2. The molecule has 2 amide bonds. The van der Waals surface area contributed by atoms with Gasteiger partial charge in [-0.2, -0.15) is 0 Å². The second kappa shape index (κ2) is 9.64. The van der Waals surface area contributed by atoms with E-state index in [4.69, 9.17) is 21.1 Å². The first kappa shape index (κ1) is 20.3. The SMILES string of the molecule is C=CCc1ccc(OCC(=O)Nc2ccc(Cl)c(NC(C)=O)c2)c(OC)c1. The molecule has 0 saturated heterocycles. The zero-order valence-electron chi connectivity index (χ0n) is 15.2. The van der Waals surface area contributed by atoms with Gasteiger partial charge in [0.05, 0.1) is 17.8 Å². The van der Waals surface area contributed by atoms with Crippen LogP contribution in [-0.2, 0) is 16.0 Å². The smallest absolute Gasteiger partial charge is 0.262 e. The molecular formula is C20H21ClN2O4. The van der Waals surface area contributed by atoms with Gasteiger partial charge in [0.25, 0.3) is 5.91 Å². The minimum atomic E-state index is -0.358. The van der Waals surface area contributed by atoms with E-state index in [1.54, 1.807) is 30.3 Å². The average molecular weight is 389 g/mol. The van der Waals surface area contributed by atoms with E-state index in [9.17, 15) is 9.59 Å². The molecule has 0 atom stereocenters. The number of carbonyl (C=O) groups excluding carboxylic acids is 2. The molecule has 2 N–H and O–H groups in total. The number of methoxy groups -OCH3 is 1. The van der Waals surface area contributed by atoms with E-state index in [0.29, 0.717) is 34.3 Å². The summed E-state index contributed by atoms with van der Waals surface area (Å²) in [6.07, 6.45) is 2.51. The molecule has 0 saturated carbocycles. The maximum Gasteiger partial charge on any atom is 0.262 e. The number of carbonyl (C=O) groups is 2. The lowest BCUT2D eigenvalue weighted by Crippen LogP contribution is -2.20. The molecule has 6 nitrogen and oxygen atoms in total. The molecular weight excluding hydrogens is 368 g/mol. The molecule has 0 radical (unpaired) electrons. The van der Waals surface area contributed by atoms with Gasteiger partial charge < -0.3 is 20.1 Å². The minimum Gasteiger partial charge on any atom is -0.493 e. The highest BCUT2D eigenvalue weighted by molar-refractivity contribution is 6.33. The van der Waals surface area contributed by atoms with Crippen LogP contribution in [0.15, 0.2) is 49.1 Å². The van der Waals surface area contributed by atoms with Gasteiger partial charge in [-0.3, -0.25) is 9.59 Å². The van der Waals surface area contributed by atoms with Crippen molar-refractivity contribution in [3.8, 4) is 11.5 Å². The Hall–Kier alpha value is -2.99. The summed E-state index contributed by atoms with van der Waals surface area (Å²) >= 11 is 6.01. The molecule has 0 spiro atoms. The summed E-state index contributed by atoms with van der Waals surface area (Å²) in [5.74, 6) is 0.399. The molecule has 0 fully saturated rings. The molecule has 2 rings (SSSR count). The predicted molar refractivity (Wildman–Crippen MR) is 107 cm³/mol.